The van der Waals surface area contributed by atoms with Crippen molar-refractivity contribution in [2.45, 2.75) is 16.0 Å². The first-order valence-electron chi connectivity index (χ1n) is 8.42. The summed E-state index contributed by atoms with van der Waals surface area (Å²) < 4.78 is -0.693. The molecule has 0 spiro atoms. The molecule has 2 unspecified atom stereocenters. The summed E-state index contributed by atoms with van der Waals surface area (Å²) in [6.07, 6.45) is 7.67. The Kier molecular flexibility index (Phi) is 10.5. The van der Waals surface area contributed by atoms with Crippen LogP contribution in [0.15, 0.2) is 61.7 Å². The number of aliphatic carboxylic acids is 1. The van der Waals surface area contributed by atoms with Crippen LogP contribution in [0, 0.1) is 11.8 Å². The lowest BCUT2D eigenvalue weighted by molar-refractivity contribution is -0.133. The van der Waals surface area contributed by atoms with E-state index >= 15 is 0 Å². The van der Waals surface area contributed by atoms with Crippen LogP contribution in [0.4, 0.5) is 0 Å². The fourth-order valence-electron chi connectivity index (χ4n) is 2.55. The first-order chi connectivity index (χ1) is 13.6. The number of alkyl halides is 3. The number of fused-ring (bicyclic) bond motifs is 1. The summed E-state index contributed by atoms with van der Waals surface area (Å²) in [5, 5.41) is 7.60. The van der Waals surface area contributed by atoms with Crippen LogP contribution in [-0.2, 0) is 14.4 Å². The van der Waals surface area contributed by atoms with Gasteiger partial charge in [-0.1, -0.05) is 96.5 Å². The third-order valence-electron chi connectivity index (χ3n) is 3.87. The average molecular weight is 477 g/mol. The number of allylic oxidation sites excluding steroid dienone is 2. The average Bonchev–Trinajstić information content (AvgIpc) is 2.93. The number of hydrogen-bond donors (Lipinski definition) is 1. The summed E-state index contributed by atoms with van der Waals surface area (Å²) in [5.74, 6) is -2.05. The van der Waals surface area contributed by atoms with Crippen molar-refractivity contribution in [3.63, 3.8) is 0 Å². The molecule has 1 saturated heterocycles. The molecule has 0 radical (unpaired) electrons. The number of nitrogens with zero attached hydrogens (tertiary/aromatic N) is 1. The predicted molar refractivity (Wildman–Crippen MR) is 119 cm³/mol. The van der Waals surface area contributed by atoms with Crippen molar-refractivity contribution in [1.82, 2.24) is 4.31 Å². The Bertz CT molecular complexity index is 752. The van der Waals surface area contributed by atoms with Gasteiger partial charge in [-0.15, -0.1) is 0 Å². The van der Waals surface area contributed by atoms with Gasteiger partial charge in [0.05, 0.1) is 11.8 Å². The standard InChI is InChI=1S/C9H8Cl3NO2S.C8H8.C3H4O2/c10-9(11,12)16-13-7(14)5-3-1-2-4-6(5)8(13)15;1-2-8-6-4-3-5-7-8;1-2-3(4)5/h1-2,5-6H,3-4H2;2-7H,1H2;2H,1H2,(H,4,5). The third kappa shape index (κ3) is 8.66. The Morgan fingerprint density at radius 1 is 1.07 bits per heavy atom. The number of carbonyl (C=O) groups excluding carboxylic acids is 2. The molecule has 1 N–H and O–H groups in total. The summed E-state index contributed by atoms with van der Waals surface area (Å²) in [7, 11) is 0. The first kappa shape index (κ1) is 25.3. The van der Waals surface area contributed by atoms with Crippen molar-refractivity contribution in [2.24, 2.45) is 11.8 Å². The Balaban J connectivity index is 0.000000269. The molecule has 0 aromatic heterocycles. The Morgan fingerprint density at radius 2 is 1.52 bits per heavy atom. The lowest BCUT2D eigenvalue weighted by atomic mass is 9.85. The Labute approximate surface area is 189 Å². The van der Waals surface area contributed by atoms with Gasteiger partial charge in [0.25, 0.3) is 3.12 Å². The number of carbonyl (C=O) groups is 3. The fraction of sp³-hybridized carbons (Fsp3) is 0.250. The van der Waals surface area contributed by atoms with E-state index in [1.807, 2.05) is 48.6 Å². The van der Waals surface area contributed by atoms with Gasteiger partial charge in [0.1, 0.15) is 0 Å². The van der Waals surface area contributed by atoms with Gasteiger partial charge < -0.3 is 5.11 Å². The lowest BCUT2D eigenvalue weighted by Gasteiger charge is -2.17. The molecule has 1 heterocycles. The molecule has 1 aromatic rings. The minimum absolute atomic E-state index is 0.254. The molecule has 3 rings (SSSR count). The molecule has 0 saturated carbocycles. The smallest absolute Gasteiger partial charge is 0.327 e. The largest absolute Gasteiger partial charge is 0.478 e. The van der Waals surface area contributed by atoms with Crippen LogP contribution in [0.1, 0.15) is 18.4 Å². The van der Waals surface area contributed by atoms with Crippen LogP contribution in [0.3, 0.4) is 0 Å². The highest BCUT2D eigenvalue weighted by Gasteiger charge is 2.49. The van der Waals surface area contributed by atoms with Crippen LogP contribution in [-0.4, -0.2) is 30.3 Å². The van der Waals surface area contributed by atoms with Crippen molar-refractivity contribution >= 4 is 70.6 Å². The van der Waals surface area contributed by atoms with Crippen LogP contribution >= 0.6 is 46.8 Å². The van der Waals surface area contributed by atoms with Gasteiger partial charge >= 0.3 is 5.97 Å². The minimum Gasteiger partial charge on any atom is -0.478 e. The summed E-state index contributed by atoms with van der Waals surface area (Å²) in [6.45, 7) is 6.59. The molecule has 5 nitrogen and oxygen atoms in total. The zero-order valence-electron chi connectivity index (χ0n) is 15.3. The van der Waals surface area contributed by atoms with Gasteiger partial charge in [-0.3, -0.25) is 9.59 Å². The van der Waals surface area contributed by atoms with E-state index in [1.165, 1.54) is 5.56 Å². The quantitative estimate of drug-likeness (QED) is 0.205. The molecule has 29 heavy (non-hydrogen) atoms. The fourth-order valence-corrected chi connectivity index (χ4v) is 3.83. The van der Waals surface area contributed by atoms with Crippen LogP contribution < -0.4 is 0 Å². The Morgan fingerprint density at radius 3 is 1.83 bits per heavy atom. The molecule has 156 valence electrons. The number of amides is 2. The number of carboxylic acid groups (broad SMARTS) is 1. The van der Waals surface area contributed by atoms with Gasteiger partial charge in [-0.25, -0.2) is 9.10 Å². The molecular formula is C20H20Cl3NO4S. The second-order valence-electron chi connectivity index (χ2n) is 5.82. The van der Waals surface area contributed by atoms with Crippen molar-refractivity contribution < 1.29 is 19.5 Å². The molecular weight excluding hydrogens is 457 g/mol. The summed E-state index contributed by atoms with van der Waals surface area (Å²) in [6, 6.07) is 10.0. The van der Waals surface area contributed by atoms with Gasteiger partial charge in [0.2, 0.25) is 11.8 Å². The van der Waals surface area contributed by atoms with Crippen molar-refractivity contribution in [3.8, 4) is 0 Å². The molecule has 1 aliphatic carbocycles. The maximum atomic E-state index is 11.9. The SMILES string of the molecule is C=CC(=O)O.C=Cc1ccccc1.O=C1C2CC=CCC2C(=O)N1SC(Cl)(Cl)Cl. The highest BCUT2D eigenvalue weighted by Crippen LogP contribution is 2.46. The van der Waals surface area contributed by atoms with Gasteiger partial charge in [0.15, 0.2) is 0 Å². The highest BCUT2D eigenvalue weighted by molar-refractivity contribution is 8.03. The second kappa shape index (κ2) is 12.1. The Hall–Kier alpha value is -1.73. The van der Waals surface area contributed by atoms with E-state index in [9.17, 15) is 14.4 Å². The molecule has 1 aromatic carbocycles. The summed E-state index contributed by atoms with van der Waals surface area (Å²) in [5.41, 5.74) is 1.17. The van der Waals surface area contributed by atoms with Crippen molar-refractivity contribution in [3.05, 3.63) is 67.3 Å². The number of carboxylic acids is 1. The van der Waals surface area contributed by atoms with E-state index in [1.54, 1.807) is 0 Å². The van der Waals surface area contributed by atoms with Gasteiger partial charge in [-0.2, -0.15) is 0 Å². The summed E-state index contributed by atoms with van der Waals surface area (Å²) >= 11 is 17.4. The van der Waals surface area contributed by atoms with E-state index in [4.69, 9.17) is 39.9 Å². The minimum atomic E-state index is -1.69. The number of benzene rings is 1. The maximum absolute atomic E-state index is 11.9. The molecule has 1 fully saturated rings. The maximum Gasteiger partial charge on any atom is 0.327 e. The van der Waals surface area contributed by atoms with Gasteiger partial charge in [-0.05, 0) is 18.4 Å². The zero-order valence-corrected chi connectivity index (χ0v) is 18.4. The van der Waals surface area contributed by atoms with Crippen molar-refractivity contribution in [2.75, 3.05) is 0 Å². The number of hydrogen-bond acceptors (Lipinski definition) is 4. The van der Waals surface area contributed by atoms with E-state index in [2.05, 4.69) is 13.2 Å². The molecule has 2 amide bonds. The number of halogens is 3. The topological polar surface area (TPSA) is 74.7 Å². The number of imide groups is 1. The third-order valence-corrected chi connectivity index (χ3v) is 5.24. The van der Waals surface area contributed by atoms with Crippen LogP contribution in [0.25, 0.3) is 6.08 Å². The monoisotopic (exact) mass is 475 g/mol. The normalized spacial score (nSPS) is 19.9. The first-order valence-corrected chi connectivity index (χ1v) is 10.3. The van der Waals surface area contributed by atoms with Gasteiger partial charge in [0, 0.05) is 18.0 Å². The van der Waals surface area contributed by atoms with E-state index in [-0.39, 0.29) is 23.7 Å². The molecule has 1 aliphatic heterocycles. The summed E-state index contributed by atoms with van der Waals surface area (Å²) in [4.78, 5) is 33.1. The second-order valence-corrected chi connectivity index (χ2v) is 9.93. The van der Waals surface area contributed by atoms with Crippen LogP contribution in [0.5, 0.6) is 0 Å². The van der Waals surface area contributed by atoms with E-state index in [0.717, 1.165) is 10.4 Å². The predicted octanol–water partition coefficient (Wildman–Crippen LogP) is 5.50. The number of rotatable bonds is 3. The van der Waals surface area contributed by atoms with E-state index < -0.39 is 9.09 Å². The lowest BCUT2D eigenvalue weighted by Crippen LogP contribution is -2.26. The zero-order chi connectivity index (χ0) is 22.0. The molecule has 2 aliphatic rings. The molecule has 9 heteroatoms. The van der Waals surface area contributed by atoms with Crippen molar-refractivity contribution in [1.29, 1.82) is 0 Å². The molecule has 0 bridgehead atoms. The highest BCUT2D eigenvalue weighted by atomic mass is 35.6. The van der Waals surface area contributed by atoms with E-state index in [0.29, 0.717) is 24.8 Å². The molecule has 2 atom stereocenters. The van der Waals surface area contributed by atoms with Crippen LogP contribution in [0.2, 0.25) is 0 Å².